The molecular formula is C23H17N5O6S2. The first-order valence-electron chi connectivity index (χ1n) is 10.3. The minimum atomic E-state index is -0.585. The minimum absolute atomic E-state index is 0.0100. The molecule has 3 aromatic carbocycles. The lowest BCUT2D eigenvalue weighted by Crippen LogP contribution is -2.15. The van der Waals surface area contributed by atoms with Crippen molar-refractivity contribution in [3.05, 3.63) is 86.5 Å². The number of hydrogen-bond acceptors (Lipinski definition) is 10. The molecule has 0 fully saturated rings. The van der Waals surface area contributed by atoms with Gasteiger partial charge in [0.2, 0.25) is 5.91 Å². The Kier molecular flexibility index (Phi) is 7.51. The summed E-state index contributed by atoms with van der Waals surface area (Å²) in [6.07, 6.45) is 1.55. The van der Waals surface area contributed by atoms with Crippen LogP contribution in [-0.2, 0) is 4.79 Å². The summed E-state index contributed by atoms with van der Waals surface area (Å²) in [5.74, 6) is -0.0760. The molecule has 0 unspecified atom stereocenters. The number of nitrogens with one attached hydrogen (secondary N) is 1. The summed E-state index contributed by atoms with van der Waals surface area (Å²) in [5.41, 5.74) is 1.81. The smallest absolute Gasteiger partial charge is 0.296 e. The van der Waals surface area contributed by atoms with Crippen LogP contribution in [0.4, 0.5) is 22.7 Å². The van der Waals surface area contributed by atoms with Crippen LogP contribution in [0.2, 0.25) is 0 Å². The van der Waals surface area contributed by atoms with Crippen LogP contribution in [0.3, 0.4) is 0 Å². The van der Waals surface area contributed by atoms with E-state index >= 15 is 0 Å². The minimum Gasteiger partial charge on any atom is -0.496 e. The van der Waals surface area contributed by atoms with Gasteiger partial charge in [0, 0.05) is 18.3 Å². The monoisotopic (exact) mass is 523 g/mol. The second-order valence-corrected chi connectivity index (χ2v) is 9.47. The first-order valence-corrected chi connectivity index (χ1v) is 12.1. The molecular weight excluding hydrogens is 506 g/mol. The number of anilines is 1. The highest BCUT2D eigenvalue weighted by atomic mass is 32.2. The van der Waals surface area contributed by atoms with Crippen LogP contribution < -0.4 is 10.1 Å². The number of thiazole rings is 1. The molecule has 1 amide bonds. The van der Waals surface area contributed by atoms with Crippen LogP contribution in [0.25, 0.3) is 10.2 Å². The Bertz CT molecular complexity index is 1500. The quantitative estimate of drug-likeness (QED) is 0.129. The number of nitro benzene ring substituents is 2. The number of nitrogens with zero attached hydrogens (tertiary/aromatic N) is 4. The van der Waals surface area contributed by atoms with Crippen LogP contribution in [0.15, 0.2) is 70.0 Å². The number of rotatable bonds is 9. The summed E-state index contributed by atoms with van der Waals surface area (Å²) in [6, 6.07) is 15.8. The number of fused-ring (bicyclic) bond motifs is 1. The number of ether oxygens (including phenoxy) is 1. The van der Waals surface area contributed by atoms with E-state index < -0.39 is 15.8 Å². The van der Waals surface area contributed by atoms with Crippen LogP contribution >= 0.6 is 23.1 Å². The van der Waals surface area contributed by atoms with Gasteiger partial charge in [-0.2, -0.15) is 0 Å². The van der Waals surface area contributed by atoms with Gasteiger partial charge in [0.25, 0.3) is 11.4 Å². The van der Waals surface area contributed by atoms with Gasteiger partial charge in [0.1, 0.15) is 11.4 Å². The van der Waals surface area contributed by atoms with E-state index in [2.05, 4.69) is 15.3 Å². The van der Waals surface area contributed by atoms with Gasteiger partial charge in [-0.3, -0.25) is 30.0 Å². The number of amides is 1. The number of benzene rings is 3. The number of non-ortho nitro benzene ring substituents is 1. The van der Waals surface area contributed by atoms with Crippen LogP contribution in [0.1, 0.15) is 5.56 Å². The highest BCUT2D eigenvalue weighted by molar-refractivity contribution is 8.01. The molecule has 13 heteroatoms. The molecule has 0 saturated carbocycles. The molecule has 1 N–H and O–H groups in total. The van der Waals surface area contributed by atoms with E-state index in [0.717, 1.165) is 10.2 Å². The van der Waals surface area contributed by atoms with E-state index in [4.69, 9.17) is 4.74 Å². The fraction of sp³-hybridized carbons (Fsp3) is 0.0870. The van der Waals surface area contributed by atoms with E-state index in [0.29, 0.717) is 21.3 Å². The Hall–Kier alpha value is -4.36. The molecule has 1 aromatic heterocycles. The maximum absolute atomic E-state index is 12.4. The van der Waals surface area contributed by atoms with Crippen molar-refractivity contribution in [3.8, 4) is 5.75 Å². The van der Waals surface area contributed by atoms with Gasteiger partial charge in [-0.1, -0.05) is 23.9 Å². The van der Waals surface area contributed by atoms with E-state index in [-0.39, 0.29) is 22.8 Å². The van der Waals surface area contributed by atoms with E-state index in [1.54, 1.807) is 30.5 Å². The summed E-state index contributed by atoms with van der Waals surface area (Å²) in [4.78, 5) is 42.5. The molecule has 0 aliphatic heterocycles. The van der Waals surface area contributed by atoms with Crippen molar-refractivity contribution >= 4 is 68.2 Å². The number of nitro groups is 2. The van der Waals surface area contributed by atoms with Gasteiger partial charge in [0.05, 0.1) is 44.7 Å². The number of aliphatic imine (C=N–C) groups is 1. The number of carbonyl (C=O) groups excluding carboxylic acids is 1. The Morgan fingerprint density at radius 1 is 1.14 bits per heavy atom. The molecule has 0 aliphatic rings. The number of hydrogen-bond donors (Lipinski definition) is 1. The normalized spacial score (nSPS) is 11.0. The third-order valence-electron chi connectivity index (χ3n) is 4.80. The maximum atomic E-state index is 12.4. The largest absolute Gasteiger partial charge is 0.496 e. The number of thioether (sulfide) groups is 1. The molecule has 0 aliphatic carbocycles. The first kappa shape index (κ1) is 24.8. The van der Waals surface area contributed by atoms with Crippen LogP contribution in [-0.4, -0.2) is 39.8 Å². The summed E-state index contributed by atoms with van der Waals surface area (Å²) < 4.78 is 6.51. The molecule has 0 bridgehead atoms. The zero-order valence-corrected chi connectivity index (χ0v) is 20.2. The summed E-state index contributed by atoms with van der Waals surface area (Å²) in [6.45, 7) is 0. The van der Waals surface area contributed by atoms with Gasteiger partial charge in [-0.15, -0.1) is 11.3 Å². The molecule has 1 heterocycles. The van der Waals surface area contributed by atoms with Gasteiger partial charge in [-0.05, 0) is 35.9 Å². The summed E-state index contributed by atoms with van der Waals surface area (Å²) >= 11 is 2.60. The van der Waals surface area contributed by atoms with Gasteiger partial charge < -0.3 is 10.1 Å². The Morgan fingerprint density at radius 3 is 2.72 bits per heavy atom. The maximum Gasteiger partial charge on any atom is 0.296 e. The predicted octanol–water partition coefficient (Wildman–Crippen LogP) is 5.60. The highest BCUT2D eigenvalue weighted by Gasteiger charge is 2.18. The standard InChI is InChI=1S/C23H17N5O6S2/c1-34-17-6-8-18(20(11-17)28(32)33)25-22(29)13-35-23-26-19-7-5-15(10-21(19)36-23)24-12-14-3-2-4-16(9-14)27(30)31/h2-12H,13H2,1H3,(H,25,29). The average Bonchev–Trinajstić information content (AvgIpc) is 3.29. The lowest BCUT2D eigenvalue weighted by Gasteiger charge is -2.07. The fourth-order valence-corrected chi connectivity index (χ4v) is 5.01. The van der Waals surface area contributed by atoms with Crippen LogP contribution in [0, 0.1) is 20.2 Å². The zero-order chi connectivity index (χ0) is 25.7. The fourth-order valence-electron chi connectivity index (χ4n) is 3.11. The Morgan fingerprint density at radius 2 is 1.97 bits per heavy atom. The lowest BCUT2D eigenvalue weighted by atomic mass is 10.2. The molecule has 0 spiro atoms. The molecule has 36 heavy (non-hydrogen) atoms. The van der Waals surface area contributed by atoms with Gasteiger partial charge in [-0.25, -0.2) is 4.98 Å². The van der Waals surface area contributed by atoms with Crippen molar-refractivity contribution < 1.29 is 19.4 Å². The SMILES string of the molecule is COc1ccc(NC(=O)CSc2nc3ccc(N=Cc4cccc([N+](=O)[O-])c4)cc3s2)c([N+](=O)[O-])c1. The Labute approximate surface area is 212 Å². The lowest BCUT2D eigenvalue weighted by molar-refractivity contribution is -0.384. The number of aromatic nitrogens is 1. The van der Waals surface area contributed by atoms with Crippen molar-refractivity contribution in [3.63, 3.8) is 0 Å². The first-order chi connectivity index (χ1) is 17.3. The zero-order valence-electron chi connectivity index (χ0n) is 18.6. The van der Waals surface area contributed by atoms with Crippen molar-refractivity contribution in [2.24, 2.45) is 4.99 Å². The van der Waals surface area contributed by atoms with Gasteiger partial charge in [0.15, 0.2) is 4.34 Å². The van der Waals surface area contributed by atoms with Gasteiger partial charge >= 0.3 is 0 Å². The average molecular weight is 524 g/mol. The van der Waals surface area contributed by atoms with Crippen molar-refractivity contribution in [2.75, 3.05) is 18.2 Å². The molecule has 0 saturated heterocycles. The summed E-state index contributed by atoms with van der Waals surface area (Å²) in [5, 5.41) is 24.8. The number of methoxy groups -OCH3 is 1. The topological polar surface area (TPSA) is 150 Å². The third-order valence-corrected chi connectivity index (χ3v) is 6.96. The molecule has 0 atom stereocenters. The van der Waals surface area contributed by atoms with Crippen LogP contribution in [0.5, 0.6) is 5.75 Å². The summed E-state index contributed by atoms with van der Waals surface area (Å²) in [7, 11) is 1.40. The van der Waals surface area contributed by atoms with E-state index in [1.807, 2.05) is 6.07 Å². The van der Waals surface area contributed by atoms with Crippen molar-refractivity contribution in [2.45, 2.75) is 4.34 Å². The van der Waals surface area contributed by atoms with Crippen molar-refractivity contribution in [1.29, 1.82) is 0 Å². The molecule has 4 aromatic rings. The number of carbonyl (C=O) groups is 1. The Balaban J connectivity index is 1.41. The van der Waals surface area contributed by atoms with Crippen molar-refractivity contribution in [1.82, 2.24) is 4.98 Å². The molecule has 182 valence electrons. The molecule has 0 radical (unpaired) electrons. The highest BCUT2D eigenvalue weighted by Crippen LogP contribution is 2.33. The predicted molar refractivity (Wildman–Crippen MR) is 139 cm³/mol. The molecule has 4 rings (SSSR count). The molecule has 11 nitrogen and oxygen atoms in total. The second-order valence-electron chi connectivity index (χ2n) is 7.22. The van der Waals surface area contributed by atoms with E-state index in [1.165, 1.54) is 60.5 Å². The second kappa shape index (κ2) is 10.9. The van der Waals surface area contributed by atoms with E-state index in [9.17, 15) is 25.0 Å². The third kappa shape index (κ3) is 6.00.